The maximum atomic E-state index is 13.8. The summed E-state index contributed by atoms with van der Waals surface area (Å²) in [5.41, 5.74) is 1.61. The van der Waals surface area contributed by atoms with Crippen molar-refractivity contribution in [3.8, 4) is 17.2 Å². The number of hydrogen-bond donors (Lipinski definition) is 2. The van der Waals surface area contributed by atoms with Gasteiger partial charge in [0.1, 0.15) is 23.1 Å². The molecule has 2 amide bonds. The number of benzene rings is 2. The summed E-state index contributed by atoms with van der Waals surface area (Å²) < 4.78 is 21.0. The third-order valence-electron chi connectivity index (χ3n) is 4.77. The number of aromatic nitrogens is 3. The monoisotopic (exact) mass is 445 g/mol. The molecule has 0 saturated heterocycles. The maximum Gasteiger partial charge on any atom is 0.324 e. The summed E-state index contributed by atoms with van der Waals surface area (Å²) in [5.74, 6) is 1.35. The average molecular weight is 445 g/mol. The number of pyridine rings is 1. The van der Waals surface area contributed by atoms with Gasteiger partial charge in [-0.15, -0.1) is 0 Å². The zero-order valence-corrected chi connectivity index (χ0v) is 18.5. The molecule has 0 radical (unpaired) electrons. The van der Waals surface area contributed by atoms with Crippen molar-refractivity contribution in [2.24, 2.45) is 0 Å². The Morgan fingerprint density at radius 3 is 2.30 bits per heavy atom. The smallest absolute Gasteiger partial charge is 0.324 e. The van der Waals surface area contributed by atoms with E-state index in [0.29, 0.717) is 28.7 Å². The topological polar surface area (TPSA) is 81.1 Å². The Morgan fingerprint density at radius 1 is 0.939 bits per heavy atom. The first kappa shape index (κ1) is 22.0. The third kappa shape index (κ3) is 5.54. The molecule has 0 fully saturated rings. The number of halogens is 1. The molecule has 33 heavy (non-hydrogen) atoms. The molecule has 2 N–H and O–H groups in total. The highest BCUT2D eigenvalue weighted by molar-refractivity contribution is 5.99. The minimum Gasteiger partial charge on any atom is -0.457 e. The number of carbonyl (C=O) groups is 1. The Kier molecular flexibility index (Phi) is 6.08. The van der Waals surface area contributed by atoms with Crippen LogP contribution in [0.4, 0.5) is 20.7 Å². The second-order valence-electron chi connectivity index (χ2n) is 8.44. The van der Waals surface area contributed by atoms with Crippen molar-refractivity contribution >= 4 is 17.5 Å². The zero-order chi connectivity index (χ0) is 23.4. The number of urea groups is 1. The van der Waals surface area contributed by atoms with E-state index in [2.05, 4.69) is 20.7 Å². The fraction of sp³-hybridized carbons (Fsp3) is 0.160. The Balaban J connectivity index is 1.49. The molecular formula is C25H24FN5O2. The van der Waals surface area contributed by atoms with Gasteiger partial charge in [-0.1, -0.05) is 26.8 Å². The zero-order valence-electron chi connectivity index (χ0n) is 18.5. The van der Waals surface area contributed by atoms with Crippen LogP contribution in [0.25, 0.3) is 5.69 Å². The van der Waals surface area contributed by atoms with Crippen LogP contribution in [-0.2, 0) is 5.41 Å². The fourth-order valence-electron chi connectivity index (χ4n) is 3.07. The van der Waals surface area contributed by atoms with Gasteiger partial charge in [-0.2, -0.15) is 5.10 Å². The maximum absolute atomic E-state index is 13.8. The van der Waals surface area contributed by atoms with Gasteiger partial charge in [-0.3, -0.25) is 10.3 Å². The molecule has 0 aliphatic heterocycles. The molecule has 8 heteroatoms. The van der Waals surface area contributed by atoms with Crippen molar-refractivity contribution in [2.45, 2.75) is 26.2 Å². The van der Waals surface area contributed by atoms with Crippen molar-refractivity contribution in [3.05, 3.63) is 90.6 Å². The Bertz CT molecular complexity index is 1250. The predicted octanol–water partition coefficient (Wildman–Crippen LogP) is 6.14. The predicted molar refractivity (Wildman–Crippen MR) is 126 cm³/mol. The minimum atomic E-state index is -0.448. The number of hydrogen-bond acceptors (Lipinski definition) is 4. The second kappa shape index (κ2) is 9.12. The van der Waals surface area contributed by atoms with Crippen LogP contribution < -0.4 is 15.4 Å². The molecule has 2 aromatic carbocycles. The van der Waals surface area contributed by atoms with Gasteiger partial charge in [0.25, 0.3) is 0 Å². The first-order valence-electron chi connectivity index (χ1n) is 10.4. The van der Waals surface area contributed by atoms with E-state index in [1.807, 2.05) is 20.8 Å². The van der Waals surface area contributed by atoms with E-state index in [0.717, 1.165) is 5.69 Å². The van der Waals surface area contributed by atoms with Gasteiger partial charge in [-0.25, -0.2) is 13.9 Å². The van der Waals surface area contributed by atoms with Crippen LogP contribution in [0.2, 0.25) is 0 Å². The van der Waals surface area contributed by atoms with Gasteiger partial charge in [-0.05, 0) is 54.6 Å². The molecule has 7 nitrogen and oxygen atoms in total. The van der Waals surface area contributed by atoms with Crippen molar-refractivity contribution in [1.82, 2.24) is 14.8 Å². The van der Waals surface area contributed by atoms with E-state index < -0.39 is 6.03 Å². The Labute approximate surface area is 191 Å². The Hall–Kier alpha value is -4.20. The van der Waals surface area contributed by atoms with Gasteiger partial charge < -0.3 is 10.1 Å². The largest absolute Gasteiger partial charge is 0.457 e. The molecule has 0 unspecified atom stereocenters. The lowest BCUT2D eigenvalue weighted by molar-refractivity contribution is 0.262. The summed E-state index contributed by atoms with van der Waals surface area (Å²) in [4.78, 5) is 16.6. The fourth-order valence-corrected chi connectivity index (χ4v) is 3.07. The van der Waals surface area contributed by atoms with Crippen LogP contribution in [-0.4, -0.2) is 20.8 Å². The first-order valence-corrected chi connectivity index (χ1v) is 10.4. The van der Waals surface area contributed by atoms with Crippen molar-refractivity contribution < 1.29 is 13.9 Å². The minimum absolute atomic E-state index is 0.254. The van der Waals surface area contributed by atoms with Crippen LogP contribution in [0.1, 0.15) is 26.5 Å². The molecule has 168 valence electrons. The number of nitrogens with one attached hydrogen (secondary N) is 2. The summed E-state index contributed by atoms with van der Waals surface area (Å²) >= 11 is 0. The molecule has 2 heterocycles. The molecule has 0 bridgehead atoms. The van der Waals surface area contributed by atoms with E-state index in [1.54, 1.807) is 67.0 Å². The van der Waals surface area contributed by atoms with E-state index in [-0.39, 0.29) is 11.2 Å². The van der Waals surface area contributed by atoms with Crippen LogP contribution >= 0.6 is 0 Å². The highest BCUT2D eigenvalue weighted by Crippen LogP contribution is 2.27. The summed E-state index contributed by atoms with van der Waals surface area (Å²) in [6, 6.07) is 17.9. The van der Waals surface area contributed by atoms with Crippen LogP contribution in [0.5, 0.6) is 11.5 Å². The van der Waals surface area contributed by atoms with E-state index in [1.165, 1.54) is 16.8 Å². The molecule has 0 saturated carbocycles. The van der Waals surface area contributed by atoms with Crippen LogP contribution in [0.15, 0.2) is 79.1 Å². The molecule has 0 aliphatic rings. The first-order chi connectivity index (χ1) is 15.8. The molecule has 2 aromatic heterocycles. The van der Waals surface area contributed by atoms with Crippen molar-refractivity contribution in [1.29, 1.82) is 0 Å². The summed E-state index contributed by atoms with van der Waals surface area (Å²) in [6.07, 6.45) is 3.30. The molecule has 4 aromatic rings. The SMILES string of the molecule is CC(C)(C)c1cc(NC(=O)Nc2ccc(Oc3ccncc3)cc2)n(-c2cccc(F)c2)n1. The lowest BCUT2D eigenvalue weighted by atomic mass is 9.92. The standard InChI is InChI=1S/C25H24FN5O2/c1-25(2,3)22-16-23(31(30-22)19-6-4-5-17(26)15-19)29-24(32)28-18-7-9-20(10-8-18)33-21-11-13-27-14-12-21/h4-16H,1-3H3,(H2,28,29,32). The lowest BCUT2D eigenvalue weighted by Gasteiger charge is -2.14. The van der Waals surface area contributed by atoms with Gasteiger partial charge in [0.2, 0.25) is 0 Å². The molecule has 0 spiro atoms. The lowest BCUT2D eigenvalue weighted by Crippen LogP contribution is -2.21. The number of rotatable bonds is 5. The second-order valence-corrected chi connectivity index (χ2v) is 8.44. The van der Waals surface area contributed by atoms with Gasteiger partial charge >= 0.3 is 6.03 Å². The van der Waals surface area contributed by atoms with Crippen molar-refractivity contribution in [3.63, 3.8) is 0 Å². The summed E-state index contributed by atoms with van der Waals surface area (Å²) in [6.45, 7) is 6.06. The van der Waals surface area contributed by atoms with E-state index in [4.69, 9.17) is 4.74 Å². The summed E-state index contributed by atoms with van der Waals surface area (Å²) in [7, 11) is 0. The quantitative estimate of drug-likeness (QED) is 0.387. The van der Waals surface area contributed by atoms with Gasteiger partial charge in [0.15, 0.2) is 0 Å². The normalized spacial score (nSPS) is 11.2. The molecule has 4 rings (SSSR count). The highest BCUT2D eigenvalue weighted by Gasteiger charge is 2.21. The number of amides is 2. The van der Waals surface area contributed by atoms with Gasteiger partial charge in [0, 0.05) is 29.6 Å². The van der Waals surface area contributed by atoms with Crippen LogP contribution in [0.3, 0.4) is 0 Å². The number of carbonyl (C=O) groups excluding carboxylic acids is 1. The average Bonchev–Trinajstić information content (AvgIpc) is 3.20. The Morgan fingerprint density at radius 2 is 1.64 bits per heavy atom. The number of anilines is 2. The number of nitrogens with zero attached hydrogens (tertiary/aromatic N) is 3. The van der Waals surface area contributed by atoms with E-state index in [9.17, 15) is 9.18 Å². The molecular weight excluding hydrogens is 421 g/mol. The number of ether oxygens (including phenoxy) is 1. The van der Waals surface area contributed by atoms with Crippen LogP contribution in [0, 0.1) is 5.82 Å². The van der Waals surface area contributed by atoms with Crippen molar-refractivity contribution in [2.75, 3.05) is 10.6 Å². The molecule has 0 atom stereocenters. The van der Waals surface area contributed by atoms with E-state index >= 15 is 0 Å². The molecule has 0 aliphatic carbocycles. The summed E-state index contributed by atoms with van der Waals surface area (Å²) in [5, 5.41) is 10.2. The third-order valence-corrected chi connectivity index (χ3v) is 4.77. The highest BCUT2D eigenvalue weighted by atomic mass is 19.1. The van der Waals surface area contributed by atoms with Gasteiger partial charge in [0.05, 0.1) is 11.4 Å².